The molecule has 0 saturated carbocycles. The summed E-state index contributed by atoms with van der Waals surface area (Å²) in [5, 5.41) is 1.17. The third-order valence-corrected chi connectivity index (χ3v) is 3.13. The minimum Gasteiger partial charge on any atom is -0.360 e. The van der Waals surface area contributed by atoms with Gasteiger partial charge in [0, 0.05) is 34.1 Å². The third kappa shape index (κ3) is 2.74. The van der Waals surface area contributed by atoms with E-state index in [4.69, 9.17) is 11.6 Å². The van der Waals surface area contributed by atoms with Gasteiger partial charge in [0.1, 0.15) is 0 Å². The van der Waals surface area contributed by atoms with Gasteiger partial charge in [-0.15, -0.1) is 0 Å². The average molecular weight is 278 g/mol. The van der Waals surface area contributed by atoms with Crippen molar-refractivity contribution < 1.29 is 14.4 Å². The molecule has 2 aromatic rings. The summed E-state index contributed by atoms with van der Waals surface area (Å²) in [6.07, 6.45) is 1.25. The van der Waals surface area contributed by atoms with Crippen molar-refractivity contribution in [2.24, 2.45) is 0 Å². The number of hydrogen-bond donors (Lipinski definition) is 1. The fourth-order valence-electron chi connectivity index (χ4n) is 1.86. The van der Waals surface area contributed by atoms with E-state index in [0.29, 0.717) is 16.0 Å². The van der Waals surface area contributed by atoms with Gasteiger partial charge in [0.25, 0.3) is 0 Å². The number of carbonyl (C=O) groups is 3. The molecule has 5 heteroatoms. The van der Waals surface area contributed by atoms with Crippen molar-refractivity contribution in [1.82, 2.24) is 4.98 Å². The molecule has 0 bridgehead atoms. The van der Waals surface area contributed by atoms with Crippen LogP contribution >= 0.6 is 11.6 Å². The summed E-state index contributed by atoms with van der Waals surface area (Å²) in [5.74, 6) is -1.55. The Morgan fingerprint density at radius 1 is 1.21 bits per heavy atom. The zero-order chi connectivity index (χ0) is 14.0. The highest BCUT2D eigenvalue weighted by Crippen LogP contribution is 2.23. The normalized spacial score (nSPS) is 10.6. The summed E-state index contributed by atoms with van der Waals surface area (Å²) in [7, 11) is 0. The lowest BCUT2D eigenvalue weighted by atomic mass is 10.0. The summed E-state index contributed by atoms with van der Waals surface area (Å²) in [6, 6.07) is 5.13. The van der Waals surface area contributed by atoms with E-state index >= 15 is 0 Å². The van der Waals surface area contributed by atoms with Crippen LogP contribution in [0.5, 0.6) is 0 Å². The van der Waals surface area contributed by atoms with Gasteiger partial charge in [-0.2, -0.15) is 0 Å². The number of rotatable bonds is 5. The fraction of sp³-hybridized carbons (Fsp3) is 0.214. The lowest BCUT2D eigenvalue weighted by Gasteiger charge is -1.99. The Bertz CT molecular complexity index is 672. The first-order chi connectivity index (χ1) is 9.02. The molecule has 4 nitrogen and oxygen atoms in total. The predicted octanol–water partition coefficient (Wildman–Crippen LogP) is 2.94. The van der Waals surface area contributed by atoms with Crippen molar-refractivity contribution in [3.8, 4) is 0 Å². The van der Waals surface area contributed by atoms with E-state index in [-0.39, 0.29) is 12.2 Å². The minimum absolute atomic E-state index is 0.117. The number of carbonyl (C=O) groups excluding carboxylic acids is 3. The first-order valence-electron chi connectivity index (χ1n) is 5.88. The van der Waals surface area contributed by atoms with Crippen LogP contribution in [0.3, 0.4) is 0 Å². The molecule has 1 N–H and O–H groups in total. The van der Waals surface area contributed by atoms with Crippen molar-refractivity contribution in [3.05, 3.63) is 35.0 Å². The predicted molar refractivity (Wildman–Crippen MR) is 72.6 cm³/mol. The number of aromatic amines is 1. The SMILES string of the molecule is CCC(=O)C(=O)CC(=O)c1c[nH]c2ccc(Cl)cc12. The molecule has 0 aliphatic rings. The van der Waals surface area contributed by atoms with Gasteiger partial charge in [-0.1, -0.05) is 18.5 Å². The maximum atomic E-state index is 12.0. The maximum Gasteiger partial charge on any atom is 0.206 e. The Morgan fingerprint density at radius 3 is 2.63 bits per heavy atom. The number of nitrogens with one attached hydrogen (secondary N) is 1. The number of H-pyrrole nitrogens is 1. The van der Waals surface area contributed by atoms with Crippen LogP contribution in [-0.4, -0.2) is 22.3 Å². The van der Waals surface area contributed by atoms with Crippen LogP contribution in [-0.2, 0) is 9.59 Å². The first-order valence-corrected chi connectivity index (χ1v) is 6.26. The number of halogens is 1. The molecular weight excluding hydrogens is 266 g/mol. The lowest BCUT2D eigenvalue weighted by molar-refractivity contribution is -0.135. The number of ketones is 3. The molecule has 1 heterocycles. The minimum atomic E-state index is -0.649. The van der Waals surface area contributed by atoms with Gasteiger partial charge in [-0.25, -0.2) is 0 Å². The molecule has 0 fully saturated rings. The average Bonchev–Trinajstić information content (AvgIpc) is 2.80. The van der Waals surface area contributed by atoms with Gasteiger partial charge in [0.05, 0.1) is 6.42 Å². The number of hydrogen-bond acceptors (Lipinski definition) is 3. The van der Waals surface area contributed by atoms with Crippen LogP contribution in [0.15, 0.2) is 24.4 Å². The molecule has 0 spiro atoms. The van der Waals surface area contributed by atoms with Crippen molar-refractivity contribution in [2.75, 3.05) is 0 Å². The van der Waals surface area contributed by atoms with Crippen LogP contribution in [0.1, 0.15) is 30.1 Å². The smallest absolute Gasteiger partial charge is 0.206 e. The summed E-state index contributed by atoms with van der Waals surface area (Å²) in [4.78, 5) is 37.6. The monoisotopic (exact) mass is 277 g/mol. The van der Waals surface area contributed by atoms with E-state index in [9.17, 15) is 14.4 Å². The van der Waals surface area contributed by atoms with Gasteiger partial charge < -0.3 is 4.98 Å². The summed E-state index contributed by atoms with van der Waals surface area (Å²) in [5.41, 5.74) is 1.15. The van der Waals surface area contributed by atoms with E-state index < -0.39 is 18.0 Å². The summed E-state index contributed by atoms with van der Waals surface area (Å²) < 4.78 is 0. The fourth-order valence-corrected chi connectivity index (χ4v) is 2.03. The molecule has 0 atom stereocenters. The Morgan fingerprint density at radius 2 is 1.95 bits per heavy atom. The molecule has 2 rings (SSSR count). The Balaban J connectivity index is 2.29. The van der Waals surface area contributed by atoms with Gasteiger partial charge in [0.2, 0.25) is 5.78 Å². The molecule has 19 heavy (non-hydrogen) atoms. The summed E-state index contributed by atoms with van der Waals surface area (Å²) >= 11 is 5.88. The van der Waals surface area contributed by atoms with Crippen LogP contribution in [0.25, 0.3) is 10.9 Å². The highest BCUT2D eigenvalue weighted by atomic mass is 35.5. The van der Waals surface area contributed by atoms with E-state index in [1.54, 1.807) is 25.1 Å². The largest absolute Gasteiger partial charge is 0.360 e. The van der Waals surface area contributed by atoms with Crippen molar-refractivity contribution >= 4 is 39.9 Å². The number of fused-ring (bicyclic) bond motifs is 1. The van der Waals surface area contributed by atoms with Crippen LogP contribution in [0.2, 0.25) is 5.02 Å². The van der Waals surface area contributed by atoms with E-state index in [0.717, 1.165) is 5.52 Å². The molecular formula is C14H12ClNO3. The molecule has 1 aromatic carbocycles. The maximum absolute atomic E-state index is 12.0. The summed E-state index contributed by atoms with van der Waals surface area (Å²) in [6.45, 7) is 1.59. The lowest BCUT2D eigenvalue weighted by Crippen LogP contribution is -2.16. The molecule has 0 amide bonds. The van der Waals surface area contributed by atoms with Gasteiger partial charge >= 0.3 is 0 Å². The van der Waals surface area contributed by atoms with Gasteiger partial charge in [0.15, 0.2) is 11.6 Å². The molecule has 0 aliphatic heterocycles. The van der Waals surface area contributed by atoms with Gasteiger partial charge in [-0.05, 0) is 18.2 Å². The topological polar surface area (TPSA) is 67.0 Å². The molecule has 0 saturated heterocycles. The molecule has 0 aliphatic carbocycles. The standard InChI is InChI=1S/C14H12ClNO3/c1-2-12(17)14(19)6-13(18)10-7-16-11-4-3-8(15)5-9(10)11/h3-5,7,16H,2,6H2,1H3. The van der Waals surface area contributed by atoms with E-state index in [1.165, 1.54) is 6.20 Å². The van der Waals surface area contributed by atoms with Crippen LogP contribution in [0.4, 0.5) is 0 Å². The van der Waals surface area contributed by atoms with E-state index in [2.05, 4.69) is 4.98 Å². The zero-order valence-electron chi connectivity index (χ0n) is 10.3. The van der Waals surface area contributed by atoms with Crippen molar-refractivity contribution in [2.45, 2.75) is 19.8 Å². The second-order valence-corrected chi connectivity index (χ2v) is 4.63. The van der Waals surface area contributed by atoms with Gasteiger partial charge in [-0.3, -0.25) is 14.4 Å². The molecule has 98 valence electrons. The highest BCUT2D eigenvalue weighted by molar-refractivity contribution is 6.41. The Hall–Kier alpha value is -1.94. The van der Waals surface area contributed by atoms with Crippen LogP contribution < -0.4 is 0 Å². The molecule has 0 radical (unpaired) electrons. The van der Waals surface area contributed by atoms with E-state index in [1.807, 2.05) is 0 Å². The Kier molecular flexibility index (Phi) is 3.81. The van der Waals surface area contributed by atoms with Crippen molar-refractivity contribution in [3.63, 3.8) is 0 Å². The Labute approximate surface area is 114 Å². The third-order valence-electron chi connectivity index (χ3n) is 2.90. The zero-order valence-corrected chi connectivity index (χ0v) is 11.1. The number of aromatic nitrogens is 1. The second-order valence-electron chi connectivity index (χ2n) is 4.19. The molecule has 1 aromatic heterocycles. The molecule has 0 unspecified atom stereocenters. The number of Topliss-reactive ketones (excluding diaryl/α,β-unsaturated/α-hetero) is 3. The quantitative estimate of drug-likeness (QED) is 0.519. The number of benzene rings is 1. The first kappa shape index (κ1) is 13.5. The van der Waals surface area contributed by atoms with Crippen molar-refractivity contribution in [1.29, 1.82) is 0 Å². The second kappa shape index (κ2) is 5.36. The van der Waals surface area contributed by atoms with Crippen LogP contribution in [0, 0.1) is 0 Å². The highest BCUT2D eigenvalue weighted by Gasteiger charge is 2.19.